The van der Waals surface area contributed by atoms with E-state index >= 15 is 0 Å². The highest BCUT2D eigenvalue weighted by atomic mass is 16.5. The van der Waals surface area contributed by atoms with Gasteiger partial charge in [-0.2, -0.15) is 0 Å². The van der Waals surface area contributed by atoms with Crippen LogP contribution in [0.15, 0.2) is 48.6 Å². The molecule has 164 valence electrons. The summed E-state index contributed by atoms with van der Waals surface area (Å²) in [5.74, 6) is 1.62. The van der Waals surface area contributed by atoms with Crippen molar-refractivity contribution >= 4 is 23.2 Å². The average Bonchev–Trinajstić information content (AvgIpc) is 2.74. The molecule has 0 bridgehead atoms. The Hall–Kier alpha value is -3.48. The van der Waals surface area contributed by atoms with Crippen LogP contribution in [0.25, 0.3) is 0 Å². The van der Waals surface area contributed by atoms with E-state index in [-0.39, 0.29) is 11.8 Å². The smallest absolute Gasteiger partial charge is 0.268 e. The number of aryl methyl sites for hydroxylation is 1. The molecule has 7 heteroatoms. The number of nitrogens with one attached hydrogen (secondary N) is 1. The molecule has 1 aliphatic heterocycles. The van der Waals surface area contributed by atoms with Gasteiger partial charge >= 0.3 is 0 Å². The van der Waals surface area contributed by atoms with E-state index < -0.39 is 6.10 Å². The number of fused-ring (bicyclic) bond motifs is 1. The number of anilines is 2. The lowest BCUT2D eigenvalue weighted by Gasteiger charge is -2.33. The summed E-state index contributed by atoms with van der Waals surface area (Å²) in [4.78, 5) is 26.6. The van der Waals surface area contributed by atoms with Crippen molar-refractivity contribution in [3.63, 3.8) is 0 Å². The van der Waals surface area contributed by atoms with Crippen LogP contribution >= 0.6 is 0 Å². The number of carbonyl (C=O) groups is 2. The standard InChI is InChI=1S/C24H28N2O5/c1-15(2)14-26-19-9-8-18(13-21(19)31-16(3)24(26)28)25-23(27)11-7-17-6-10-20(29-4)22(12-17)30-5/h6,8-10,12-13,16H,1,7,11,14H2,2-5H3,(H,25,27). The number of ether oxygens (including phenoxy) is 3. The minimum absolute atomic E-state index is 0.109. The SMILES string of the molecule is C=C(C)CN1C(=O)C(C)Oc2cc(NC(=O)CCc3ccc(OC)c(OC)c3)ccc21. The van der Waals surface area contributed by atoms with E-state index in [2.05, 4.69) is 11.9 Å². The van der Waals surface area contributed by atoms with Gasteiger partial charge in [-0.3, -0.25) is 9.59 Å². The van der Waals surface area contributed by atoms with Gasteiger partial charge in [0.1, 0.15) is 5.75 Å². The fourth-order valence-corrected chi connectivity index (χ4v) is 3.44. The Kier molecular flexibility index (Phi) is 6.84. The second-order valence-electron chi connectivity index (χ2n) is 7.56. The number of carbonyl (C=O) groups excluding carboxylic acids is 2. The van der Waals surface area contributed by atoms with Crippen molar-refractivity contribution in [2.75, 3.05) is 31.0 Å². The number of benzene rings is 2. The Labute approximate surface area is 182 Å². The van der Waals surface area contributed by atoms with Gasteiger partial charge in [-0.25, -0.2) is 0 Å². The molecule has 2 aromatic carbocycles. The molecule has 31 heavy (non-hydrogen) atoms. The van der Waals surface area contributed by atoms with Crippen molar-refractivity contribution in [1.82, 2.24) is 0 Å². The molecule has 2 aromatic rings. The maximum Gasteiger partial charge on any atom is 0.268 e. The van der Waals surface area contributed by atoms with Crippen LogP contribution < -0.4 is 24.4 Å². The second-order valence-corrected chi connectivity index (χ2v) is 7.56. The Morgan fingerprint density at radius 1 is 1.16 bits per heavy atom. The highest BCUT2D eigenvalue weighted by Crippen LogP contribution is 2.36. The predicted molar refractivity (Wildman–Crippen MR) is 120 cm³/mol. The van der Waals surface area contributed by atoms with Gasteiger partial charge in [0.25, 0.3) is 5.91 Å². The maximum absolute atomic E-state index is 12.5. The second kappa shape index (κ2) is 9.55. The fraction of sp³-hybridized carbons (Fsp3) is 0.333. The van der Waals surface area contributed by atoms with E-state index in [9.17, 15) is 9.59 Å². The molecule has 0 fully saturated rings. The number of amides is 2. The van der Waals surface area contributed by atoms with Crippen LogP contribution in [0.5, 0.6) is 17.2 Å². The number of methoxy groups -OCH3 is 2. The molecule has 0 saturated heterocycles. The monoisotopic (exact) mass is 424 g/mol. The highest BCUT2D eigenvalue weighted by molar-refractivity contribution is 6.01. The Morgan fingerprint density at radius 3 is 2.58 bits per heavy atom. The predicted octanol–water partition coefficient (Wildman–Crippen LogP) is 3.97. The minimum atomic E-state index is -0.595. The summed E-state index contributed by atoms with van der Waals surface area (Å²) < 4.78 is 16.3. The normalized spacial score (nSPS) is 15.0. The first-order valence-corrected chi connectivity index (χ1v) is 10.1. The number of hydrogen-bond donors (Lipinski definition) is 1. The molecular formula is C24H28N2O5. The third kappa shape index (κ3) is 5.17. The molecule has 0 aliphatic carbocycles. The lowest BCUT2D eigenvalue weighted by atomic mass is 10.1. The van der Waals surface area contributed by atoms with Gasteiger partial charge in [0.05, 0.1) is 19.9 Å². The zero-order valence-electron chi connectivity index (χ0n) is 18.4. The maximum atomic E-state index is 12.5. The molecule has 3 rings (SSSR count). The van der Waals surface area contributed by atoms with Gasteiger partial charge in [-0.1, -0.05) is 18.2 Å². The first kappa shape index (κ1) is 22.2. The number of rotatable bonds is 8. The van der Waals surface area contributed by atoms with E-state index in [0.29, 0.717) is 48.0 Å². The molecule has 0 saturated carbocycles. The number of nitrogens with zero attached hydrogens (tertiary/aromatic N) is 1. The van der Waals surface area contributed by atoms with Gasteiger partial charge < -0.3 is 24.4 Å². The van der Waals surface area contributed by atoms with Crippen LogP contribution in [0.2, 0.25) is 0 Å². The zero-order chi connectivity index (χ0) is 22.5. The average molecular weight is 424 g/mol. The summed E-state index contributed by atoms with van der Waals surface area (Å²) in [5, 5.41) is 2.90. The molecule has 1 heterocycles. The van der Waals surface area contributed by atoms with E-state index in [0.717, 1.165) is 11.1 Å². The lowest BCUT2D eigenvalue weighted by molar-refractivity contribution is -0.125. The Balaban J connectivity index is 1.67. The molecule has 1 unspecified atom stereocenters. The Bertz CT molecular complexity index is 1000. The van der Waals surface area contributed by atoms with Crippen LogP contribution in [0, 0.1) is 0 Å². The largest absolute Gasteiger partial charge is 0.493 e. The van der Waals surface area contributed by atoms with Gasteiger partial charge in [-0.05, 0) is 50.1 Å². The first-order valence-electron chi connectivity index (χ1n) is 10.1. The van der Waals surface area contributed by atoms with Gasteiger partial charge in [0.15, 0.2) is 17.6 Å². The zero-order valence-corrected chi connectivity index (χ0v) is 18.4. The van der Waals surface area contributed by atoms with Gasteiger partial charge in [0, 0.05) is 24.7 Å². The summed E-state index contributed by atoms with van der Waals surface area (Å²) in [6.45, 7) is 7.91. The highest BCUT2D eigenvalue weighted by Gasteiger charge is 2.31. The summed E-state index contributed by atoms with van der Waals surface area (Å²) in [6, 6.07) is 10.9. The molecule has 0 spiro atoms. The van der Waals surface area contributed by atoms with Crippen molar-refractivity contribution in [2.24, 2.45) is 0 Å². The summed E-state index contributed by atoms with van der Waals surface area (Å²) in [6.07, 6.45) is 0.276. The van der Waals surface area contributed by atoms with Crippen LogP contribution in [0.3, 0.4) is 0 Å². The number of hydrogen-bond acceptors (Lipinski definition) is 5. The molecular weight excluding hydrogens is 396 g/mol. The van der Waals surface area contributed by atoms with Crippen LogP contribution in [-0.2, 0) is 16.0 Å². The minimum Gasteiger partial charge on any atom is -0.493 e. The molecule has 2 amide bonds. The fourth-order valence-electron chi connectivity index (χ4n) is 3.44. The van der Waals surface area contributed by atoms with Crippen molar-refractivity contribution in [3.8, 4) is 17.2 Å². The quantitative estimate of drug-likeness (QED) is 0.649. The van der Waals surface area contributed by atoms with Gasteiger partial charge in [-0.15, -0.1) is 0 Å². The van der Waals surface area contributed by atoms with Crippen LogP contribution in [0.4, 0.5) is 11.4 Å². The van der Waals surface area contributed by atoms with E-state index in [4.69, 9.17) is 14.2 Å². The summed E-state index contributed by atoms with van der Waals surface area (Å²) >= 11 is 0. The van der Waals surface area contributed by atoms with E-state index in [1.807, 2.05) is 25.1 Å². The molecule has 0 radical (unpaired) electrons. The van der Waals surface area contributed by atoms with Gasteiger partial charge in [0.2, 0.25) is 5.91 Å². The van der Waals surface area contributed by atoms with Crippen LogP contribution in [0.1, 0.15) is 25.8 Å². The van der Waals surface area contributed by atoms with Crippen molar-refractivity contribution in [3.05, 3.63) is 54.1 Å². The molecule has 1 atom stereocenters. The summed E-state index contributed by atoms with van der Waals surface area (Å²) in [5.41, 5.74) is 3.15. The Morgan fingerprint density at radius 2 is 1.90 bits per heavy atom. The lowest BCUT2D eigenvalue weighted by Crippen LogP contribution is -2.45. The van der Waals surface area contributed by atoms with E-state index in [1.165, 1.54) is 0 Å². The summed E-state index contributed by atoms with van der Waals surface area (Å²) in [7, 11) is 3.17. The molecule has 0 aromatic heterocycles. The molecule has 1 N–H and O–H groups in total. The third-order valence-corrected chi connectivity index (χ3v) is 4.97. The topological polar surface area (TPSA) is 77.1 Å². The van der Waals surface area contributed by atoms with Crippen LogP contribution in [-0.4, -0.2) is 38.7 Å². The molecule has 7 nitrogen and oxygen atoms in total. The third-order valence-electron chi connectivity index (χ3n) is 4.97. The van der Waals surface area contributed by atoms with Crippen molar-refractivity contribution in [1.29, 1.82) is 0 Å². The van der Waals surface area contributed by atoms with E-state index in [1.54, 1.807) is 44.2 Å². The molecule has 1 aliphatic rings. The first-order chi connectivity index (χ1) is 14.8. The van der Waals surface area contributed by atoms with Crippen molar-refractivity contribution in [2.45, 2.75) is 32.8 Å². The van der Waals surface area contributed by atoms with Crippen molar-refractivity contribution < 1.29 is 23.8 Å².